The van der Waals surface area contributed by atoms with Crippen LogP contribution in [0.15, 0.2) is 77.6 Å². The van der Waals surface area contributed by atoms with Crippen LogP contribution < -0.4 is 4.90 Å². The number of carbonyl (C=O) groups is 2. The third kappa shape index (κ3) is 6.55. The van der Waals surface area contributed by atoms with Gasteiger partial charge in [-0.1, -0.05) is 43.5 Å². The summed E-state index contributed by atoms with van der Waals surface area (Å²) in [5, 5.41) is 9.16. The second-order valence-electron chi connectivity index (χ2n) is 11.2. The highest BCUT2D eigenvalue weighted by molar-refractivity contribution is 7.99. The molecule has 43 heavy (non-hydrogen) atoms. The number of hydrogen-bond acceptors (Lipinski definition) is 6. The zero-order valence-electron chi connectivity index (χ0n) is 24.2. The molecule has 1 aliphatic heterocycles. The molecule has 2 fully saturated rings. The Balaban J connectivity index is 1.32. The standard InChI is InChI=1S/C34H35N5O3S/c35-20-25-10-12-26(13-11-25)22-38-24-36-21-28(38)23-39(33(40)27-6-2-1-3-7-27)30-9-5-4-8-29(30)31-14-15-32(42-31)34(41)37-16-18-43-19-17-37/h4-5,8-15,21,24,27H,1-3,6-7,16-19,22-23H2. The minimum atomic E-state index is -0.0918. The van der Waals surface area contributed by atoms with Crippen LogP contribution in [0.1, 0.15) is 59.5 Å². The first kappa shape index (κ1) is 28.8. The molecule has 1 aliphatic carbocycles. The van der Waals surface area contributed by atoms with Crippen molar-refractivity contribution < 1.29 is 14.0 Å². The first-order valence-corrected chi connectivity index (χ1v) is 16.1. The third-order valence-corrected chi connectivity index (χ3v) is 9.29. The maximum Gasteiger partial charge on any atom is 0.289 e. The highest BCUT2D eigenvalue weighted by Gasteiger charge is 2.30. The second kappa shape index (κ2) is 13.3. The number of thioether (sulfide) groups is 1. The van der Waals surface area contributed by atoms with E-state index in [0.717, 1.165) is 79.2 Å². The first-order chi connectivity index (χ1) is 21.1. The maximum atomic E-state index is 14.2. The minimum absolute atomic E-state index is 0.0394. The summed E-state index contributed by atoms with van der Waals surface area (Å²) in [6, 6.07) is 21.1. The lowest BCUT2D eigenvalue weighted by Crippen LogP contribution is -2.37. The molecule has 0 radical (unpaired) electrons. The summed E-state index contributed by atoms with van der Waals surface area (Å²) in [6.07, 6.45) is 8.64. The predicted octanol–water partition coefficient (Wildman–Crippen LogP) is 6.37. The van der Waals surface area contributed by atoms with Crippen LogP contribution in [-0.2, 0) is 17.9 Å². The van der Waals surface area contributed by atoms with E-state index in [0.29, 0.717) is 30.2 Å². The summed E-state index contributed by atoms with van der Waals surface area (Å²) in [5.74, 6) is 2.73. The average molecular weight is 594 g/mol. The lowest BCUT2D eigenvalue weighted by Gasteiger charge is -2.31. The average Bonchev–Trinajstić information content (AvgIpc) is 3.74. The zero-order chi connectivity index (χ0) is 29.6. The fraction of sp³-hybridized carbons (Fsp3) is 0.353. The van der Waals surface area contributed by atoms with E-state index >= 15 is 0 Å². The van der Waals surface area contributed by atoms with Gasteiger partial charge in [0.15, 0.2) is 5.76 Å². The molecule has 9 heteroatoms. The molecule has 0 unspecified atom stereocenters. The summed E-state index contributed by atoms with van der Waals surface area (Å²) in [5.41, 5.74) is 4.10. The number of carbonyl (C=O) groups excluding carboxylic acids is 2. The summed E-state index contributed by atoms with van der Waals surface area (Å²) in [4.78, 5) is 35.5. The van der Waals surface area contributed by atoms with Gasteiger partial charge >= 0.3 is 0 Å². The van der Waals surface area contributed by atoms with Crippen LogP contribution in [0.5, 0.6) is 0 Å². The quantitative estimate of drug-likeness (QED) is 0.236. The van der Waals surface area contributed by atoms with E-state index in [9.17, 15) is 9.59 Å². The van der Waals surface area contributed by atoms with Crippen molar-refractivity contribution in [3.05, 3.63) is 95.8 Å². The van der Waals surface area contributed by atoms with Crippen molar-refractivity contribution >= 4 is 29.3 Å². The van der Waals surface area contributed by atoms with E-state index in [-0.39, 0.29) is 17.7 Å². The topological polar surface area (TPSA) is 95.4 Å². The molecule has 2 amide bonds. The van der Waals surface area contributed by atoms with Crippen LogP contribution in [-0.4, -0.2) is 50.9 Å². The van der Waals surface area contributed by atoms with E-state index in [2.05, 4.69) is 11.1 Å². The Kier molecular flexibility index (Phi) is 8.94. The third-order valence-electron chi connectivity index (χ3n) is 8.35. The van der Waals surface area contributed by atoms with Crippen LogP contribution >= 0.6 is 11.8 Å². The van der Waals surface area contributed by atoms with Crippen molar-refractivity contribution in [1.82, 2.24) is 14.5 Å². The molecule has 0 spiro atoms. The van der Waals surface area contributed by atoms with Gasteiger partial charge in [0, 0.05) is 48.8 Å². The Morgan fingerprint density at radius 2 is 1.77 bits per heavy atom. The number of anilines is 1. The van der Waals surface area contributed by atoms with E-state index in [1.54, 1.807) is 12.4 Å². The molecule has 1 saturated heterocycles. The summed E-state index contributed by atoms with van der Waals surface area (Å²) in [7, 11) is 0. The van der Waals surface area contributed by atoms with Crippen LogP contribution in [0, 0.1) is 17.2 Å². The molecular weight excluding hydrogens is 558 g/mol. The van der Waals surface area contributed by atoms with Crippen LogP contribution in [0.25, 0.3) is 11.3 Å². The second-order valence-corrected chi connectivity index (χ2v) is 12.4. The van der Waals surface area contributed by atoms with Gasteiger partial charge in [-0.2, -0.15) is 17.0 Å². The largest absolute Gasteiger partial charge is 0.451 e. The Hall–Kier alpha value is -4.29. The van der Waals surface area contributed by atoms with E-state index in [1.165, 1.54) is 0 Å². The number of rotatable bonds is 8. The normalized spacial score (nSPS) is 15.7. The van der Waals surface area contributed by atoms with Crippen molar-refractivity contribution in [3.8, 4) is 17.4 Å². The van der Waals surface area contributed by atoms with Gasteiger partial charge in [-0.05, 0) is 54.8 Å². The molecule has 2 aliphatic rings. The van der Waals surface area contributed by atoms with Gasteiger partial charge < -0.3 is 18.8 Å². The monoisotopic (exact) mass is 593 g/mol. The molecule has 220 valence electrons. The summed E-state index contributed by atoms with van der Waals surface area (Å²) < 4.78 is 8.23. The molecule has 8 nitrogen and oxygen atoms in total. The van der Waals surface area contributed by atoms with Gasteiger partial charge in [0.1, 0.15) is 5.76 Å². The molecule has 1 saturated carbocycles. The number of nitrogens with zero attached hydrogens (tertiary/aromatic N) is 5. The molecule has 0 bridgehead atoms. The van der Waals surface area contributed by atoms with Crippen LogP contribution in [0.4, 0.5) is 5.69 Å². The van der Waals surface area contributed by atoms with Gasteiger partial charge in [0.05, 0.1) is 35.9 Å². The molecule has 4 aromatic rings. The highest BCUT2D eigenvalue weighted by Crippen LogP contribution is 2.36. The van der Waals surface area contributed by atoms with Gasteiger partial charge in [-0.25, -0.2) is 4.98 Å². The molecule has 2 aromatic heterocycles. The predicted molar refractivity (Wildman–Crippen MR) is 168 cm³/mol. The van der Waals surface area contributed by atoms with Crippen molar-refractivity contribution in [2.24, 2.45) is 5.92 Å². The van der Waals surface area contributed by atoms with Crippen molar-refractivity contribution in [2.45, 2.75) is 45.2 Å². The lowest BCUT2D eigenvalue weighted by molar-refractivity contribution is -0.123. The summed E-state index contributed by atoms with van der Waals surface area (Å²) in [6.45, 7) is 2.36. The Labute approximate surface area is 256 Å². The lowest BCUT2D eigenvalue weighted by atomic mass is 9.88. The van der Waals surface area contributed by atoms with Crippen molar-refractivity contribution in [3.63, 3.8) is 0 Å². The van der Waals surface area contributed by atoms with Gasteiger partial charge in [0.2, 0.25) is 5.91 Å². The van der Waals surface area contributed by atoms with Gasteiger partial charge in [-0.15, -0.1) is 0 Å². The van der Waals surface area contributed by atoms with E-state index in [1.807, 2.05) is 86.9 Å². The number of aromatic nitrogens is 2. The molecular formula is C34H35N5O3S. The van der Waals surface area contributed by atoms with E-state index < -0.39 is 0 Å². The molecule has 0 atom stereocenters. The van der Waals surface area contributed by atoms with Crippen molar-refractivity contribution in [1.29, 1.82) is 5.26 Å². The molecule has 3 heterocycles. The molecule has 6 rings (SSSR count). The van der Waals surface area contributed by atoms with Crippen LogP contribution in [0.2, 0.25) is 0 Å². The molecule has 0 N–H and O–H groups in total. The number of imidazole rings is 1. The number of nitriles is 1. The smallest absolute Gasteiger partial charge is 0.289 e. The zero-order valence-corrected chi connectivity index (χ0v) is 25.0. The van der Waals surface area contributed by atoms with Crippen LogP contribution in [0.3, 0.4) is 0 Å². The number of furan rings is 1. The van der Waals surface area contributed by atoms with Gasteiger partial charge in [-0.3, -0.25) is 9.59 Å². The van der Waals surface area contributed by atoms with E-state index in [4.69, 9.17) is 9.68 Å². The Morgan fingerprint density at radius 1 is 1.00 bits per heavy atom. The number of benzene rings is 2. The minimum Gasteiger partial charge on any atom is -0.451 e. The van der Waals surface area contributed by atoms with Crippen molar-refractivity contribution in [2.75, 3.05) is 29.5 Å². The highest BCUT2D eigenvalue weighted by atomic mass is 32.2. The number of amides is 2. The summed E-state index contributed by atoms with van der Waals surface area (Å²) >= 11 is 1.86. The Morgan fingerprint density at radius 3 is 2.53 bits per heavy atom. The van der Waals surface area contributed by atoms with Gasteiger partial charge in [0.25, 0.3) is 5.91 Å². The SMILES string of the molecule is N#Cc1ccc(Cn2cncc2CN(C(=O)C2CCCCC2)c2ccccc2-c2ccc(C(=O)N3CCSCC3)o2)cc1. The number of hydrogen-bond donors (Lipinski definition) is 0. The number of para-hydroxylation sites is 1. The first-order valence-electron chi connectivity index (χ1n) is 15.0. The maximum absolute atomic E-state index is 14.2. The fourth-order valence-corrected chi connectivity index (χ4v) is 6.86. The molecule has 2 aromatic carbocycles. The Bertz CT molecular complexity index is 1610. The fourth-order valence-electron chi connectivity index (χ4n) is 5.95.